The summed E-state index contributed by atoms with van der Waals surface area (Å²) in [5.74, 6) is -0.685. The van der Waals surface area contributed by atoms with Gasteiger partial charge in [-0.1, -0.05) is 24.3 Å². The number of benzene rings is 2. The largest absolute Gasteiger partial charge is 0.486 e. The zero-order valence-electron chi connectivity index (χ0n) is 13.5. The quantitative estimate of drug-likeness (QED) is 0.908. The predicted octanol–water partition coefficient (Wildman–Crippen LogP) is 2.28. The molecule has 0 saturated heterocycles. The van der Waals surface area contributed by atoms with Crippen LogP contribution in [0.5, 0.6) is 11.5 Å². The van der Waals surface area contributed by atoms with Gasteiger partial charge in [0.25, 0.3) is 5.91 Å². The maximum atomic E-state index is 12.9. The van der Waals surface area contributed by atoms with Gasteiger partial charge >= 0.3 is 5.97 Å². The maximum Gasteiger partial charge on any atom is 0.312 e. The highest BCUT2D eigenvalue weighted by Crippen LogP contribution is 2.33. The van der Waals surface area contributed by atoms with Crippen LogP contribution in [-0.4, -0.2) is 41.6 Å². The van der Waals surface area contributed by atoms with E-state index in [-0.39, 0.29) is 12.5 Å². The Balaban J connectivity index is 1.64. The molecule has 0 fully saturated rings. The number of aliphatic carboxylic acids is 1. The van der Waals surface area contributed by atoms with Gasteiger partial charge in [0.1, 0.15) is 13.2 Å². The Morgan fingerprint density at radius 3 is 2.60 bits per heavy atom. The number of carbonyl (C=O) groups is 2. The van der Waals surface area contributed by atoms with Gasteiger partial charge in [-0.3, -0.25) is 9.59 Å². The van der Waals surface area contributed by atoms with Crippen molar-refractivity contribution in [1.29, 1.82) is 0 Å². The van der Waals surface area contributed by atoms with Crippen molar-refractivity contribution in [1.82, 2.24) is 4.90 Å². The molecule has 0 bridgehead atoms. The molecule has 0 unspecified atom stereocenters. The first-order valence-electron chi connectivity index (χ1n) is 8.13. The van der Waals surface area contributed by atoms with Gasteiger partial charge in [-0.2, -0.15) is 0 Å². The third-order valence-electron chi connectivity index (χ3n) is 4.57. The Kier molecular flexibility index (Phi) is 3.80. The first kappa shape index (κ1) is 15.5. The molecule has 6 nitrogen and oxygen atoms in total. The molecule has 2 aliphatic rings. The molecule has 6 heteroatoms. The van der Waals surface area contributed by atoms with Gasteiger partial charge in [0.05, 0.1) is 5.92 Å². The number of rotatable bonds is 2. The summed E-state index contributed by atoms with van der Waals surface area (Å²) in [6.07, 6.45) is 0. The van der Waals surface area contributed by atoms with E-state index in [0.29, 0.717) is 36.8 Å². The Labute approximate surface area is 144 Å². The zero-order valence-corrected chi connectivity index (χ0v) is 13.5. The van der Waals surface area contributed by atoms with Crippen molar-refractivity contribution in [2.45, 2.75) is 12.5 Å². The Morgan fingerprint density at radius 2 is 1.80 bits per heavy atom. The average molecular weight is 339 g/mol. The van der Waals surface area contributed by atoms with Crippen LogP contribution in [-0.2, 0) is 11.3 Å². The van der Waals surface area contributed by atoms with E-state index in [2.05, 4.69) is 0 Å². The van der Waals surface area contributed by atoms with Gasteiger partial charge in [-0.25, -0.2) is 0 Å². The van der Waals surface area contributed by atoms with Crippen molar-refractivity contribution in [2.24, 2.45) is 0 Å². The summed E-state index contributed by atoms with van der Waals surface area (Å²) in [4.78, 5) is 26.1. The van der Waals surface area contributed by atoms with Crippen molar-refractivity contribution in [2.75, 3.05) is 19.8 Å². The lowest BCUT2D eigenvalue weighted by Gasteiger charge is -2.33. The summed E-state index contributed by atoms with van der Waals surface area (Å²) in [5, 5.41) is 9.54. The smallest absolute Gasteiger partial charge is 0.312 e. The average Bonchev–Trinajstić information content (AvgIpc) is 2.66. The van der Waals surface area contributed by atoms with Crippen LogP contribution in [0.15, 0.2) is 42.5 Å². The molecule has 0 saturated carbocycles. The summed E-state index contributed by atoms with van der Waals surface area (Å²) >= 11 is 0. The highest BCUT2D eigenvalue weighted by molar-refractivity contribution is 5.95. The molecule has 2 heterocycles. The Hall–Kier alpha value is -3.02. The fourth-order valence-corrected chi connectivity index (χ4v) is 3.33. The topological polar surface area (TPSA) is 76.1 Å². The maximum absolute atomic E-state index is 12.9. The number of carbonyl (C=O) groups excluding carboxylic acids is 1. The fourth-order valence-electron chi connectivity index (χ4n) is 3.33. The van der Waals surface area contributed by atoms with Crippen LogP contribution in [0.1, 0.15) is 27.4 Å². The number of fused-ring (bicyclic) bond motifs is 2. The van der Waals surface area contributed by atoms with Crippen molar-refractivity contribution in [3.05, 3.63) is 59.2 Å². The number of ether oxygens (including phenoxy) is 2. The highest BCUT2D eigenvalue weighted by Gasteiger charge is 2.33. The monoisotopic (exact) mass is 339 g/mol. The number of carboxylic acids is 1. The lowest BCUT2D eigenvalue weighted by molar-refractivity contribution is -0.139. The number of hydrogen-bond acceptors (Lipinski definition) is 4. The highest BCUT2D eigenvalue weighted by atomic mass is 16.6. The van der Waals surface area contributed by atoms with Gasteiger partial charge in [-0.15, -0.1) is 0 Å². The van der Waals surface area contributed by atoms with Crippen LogP contribution < -0.4 is 9.47 Å². The molecule has 1 amide bonds. The van der Waals surface area contributed by atoms with E-state index in [9.17, 15) is 14.7 Å². The first-order valence-corrected chi connectivity index (χ1v) is 8.13. The SMILES string of the molecule is O=C(O)[C@H]1CN(C(=O)c2ccc3c(c2)OCCO3)Cc2ccccc21. The van der Waals surface area contributed by atoms with Gasteiger partial charge in [0.15, 0.2) is 11.5 Å². The van der Waals surface area contributed by atoms with Crippen LogP contribution in [0.25, 0.3) is 0 Å². The fraction of sp³-hybridized carbons (Fsp3) is 0.263. The molecule has 0 radical (unpaired) electrons. The van der Waals surface area contributed by atoms with E-state index in [1.54, 1.807) is 23.1 Å². The standard InChI is InChI=1S/C19H17NO5/c21-18(12-5-6-16-17(9-12)25-8-7-24-16)20-10-13-3-1-2-4-14(13)15(11-20)19(22)23/h1-6,9,15H,7-8,10-11H2,(H,22,23)/t15-/m0/s1. The number of carboxylic acid groups (broad SMARTS) is 1. The summed E-state index contributed by atoms with van der Waals surface area (Å²) in [6.45, 7) is 1.49. The lowest BCUT2D eigenvalue weighted by atomic mass is 9.89. The Bertz CT molecular complexity index is 847. The molecule has 4 rings (SSSR count). The summed E-state index contributed by atoms with van der Waals surface area (Å²) in [7, 11) is 0. The second-order valence-corrected chi connectivity index (χ2v) is 6.13. The third-order valence-corrected chi connectivity index (χ3v) is 4.57. The van der Waals surface area contributed by atoms with Gasteiger partial charge < -0.3 is 19.5 Å². The van der Waals surface area contributed by atoms with Crippen LogP contribution in [0.3, 0.4) is 0 Å². The van der Waals surface area contributed by atoms with E-state index in [1.165, 1.54) is 0 Å². The predicted molar refractivity (Wildman–Crippen MR) is 89.0 cm³/mol. The van der Waals surface area contributed by atoms with Crippen LogP contribution >= 0.6 is 0 Å². The molecule has 1 atom stereocenters. The molecule has 0 aromatic heterocycles. The minimum Gasteiger partial charge on any atom is -0.486 e. The molecule has 0 spiro atoms. The van der Waals surface area contributed by atoms with E-state index in [4.69, 9.17) is 9.47 Å². The summed E-state index contributed by atoms with van der Waals surface area (Å²) in [5.41, 5.74) is 2.11. The van der Waals surface area contributed by atoms with Crippen molar-refractivity contribution in [3.8, 4) is 11.5 Å². The molecule has 2 aliphatic heterocycles. The van der Waals surface area contributed by atoms with Crippen LogP contribution in [0, 0.1) is 0 Å². The van der Waals surface area contributed by atoms with Gasteiger partial charge in [0.2, 0.25) is 0 Å². The van der Waals surface area contributed by atoms with Crippen molar-refractivity contribution in [3.63, 3.8) is 0 Å². The van der Waals surface area contributed by atoms with E-state index >= 15 is 0 Å². The summed E-state index contributed by atoms with van der Waals surface area (Å²) in [6, 6.07) is 12.4. The van der Waals surface area contributed by atoms with Gasteiger partial charge in [-0.05, 0) is 29.3 Å². The molecule has 25 heavy (non-hydrogen) atoms. The van der Waals surface area contributed by atoms with E-state index in [1.807, 2.05) is 24.3 Å². The molecular weight excluding hydrogens is 322 g/mol. The lowest BCUT2D eigenvalue weighted by Crippen LogP contribution is -2.40. The number of amides is 1. The van der Waals surface area contributed by atoms with Gasteiger partial charge in [0, 0.05) is 18.7 Å². The molecule has 128 valence electrons. The van der Waals surface area contributed by atoms with Crippen LogP contribution in [0.2, 0.25) is 0 Å². The zero-order chi connectivity index (χ0) is 17.4. The second kappa shape index (κ2) is 6.12. The van der Waals surface area contributed by atoms with Crippen molar-refractivity contribution >= 4 is 11.9 Å². The molecule has 0 aliphatic carbocycles. The normalized spacial score (nSPS) is 18.4. The van der Waals surface area contributed by atoms with E-state index in [0.717, 1.165) is 11.1 Å². The number of nitrogens with zero attached hydrogens (tertiary/aromatic N) is 1. The second-order valence-electron chi connectivity index (χ2n) is 6.13. The summed E-state index contributed by atoms with van der Waals surface area (Å²) < 4.78 is 11.0. The van der Waals surface area contributed by atoms with Crippen molar-refractivity contribution < 1.29 is 24.2 Å². The molecular formula is C19H17NO5. The first-order chi connectivity index (χ1) is 12.1. The van der Waals surface area contributed by atoms with Crippen LogP contribution in [0.4, 0.5) is 0 Å². The van der Waals surface area contributed by atoms with E-state index < -0.39 is 11.9 Å². The molecule has 2 aromatic rings. The molecule has 1 N–H and O–H groups in total. The third kappa shape index (κ3) is 2.80. The minimum atomic E-state index is -0.924. The molecule has 2 aromatic carbocycles. The Morgan fingerprint density at radius 1 is 1.04 bits per heavy atom. The minimum absolute atomic E-state index is 0.152. The number of hydrogen-bond donors (Lipinski definition) is 1.